The number of hydrogen-bond acceptors (Lipinski definition) is 1. The third-order valence-corrected chi connectivity index (χ3v) is 3.76. The molecule has 0 aromatic heterocycles. The molecule has 0 aromatic carbocycles. The van der Waals surface area contributed by atoms with Gasteiger partial charge in [0.2, 0.25) is 0 Å². The van der Waals surface area contributed by atoms with E-state index in [1.807, 2.05) is 0 Å². The van der Waals surface area contributed by atoms with Crippen LogP contribution in [0.1, 0.15) is 91.9 Å². The maximum atomic E-state index is 5.72. The van der Waals surface area contributed by atoms with Crippen molar-refractivity contribution in [3.05, 3.63) is 24.7 Å². The zero-order chi connectivity index (χ0) is 16.1. The van der Waals surface area contributed by atoms with E-state index in [2.05, 4.69) is 40.9 Å². The molecule has 0 saturated heterocycles. The highest BCUT2D eigenvalue weighted by Gasteiger charge is 2.02. The van der Waals surface area contributed by atoms with Gasteiger partial charge in [-0.25, -0.2) is 0 Å². The van der Waals surface area contributed by atoms with E-state index in [0.717, 1.165) is 36.2 Å². The summed E-state index contributed by atoms with van der Waals surface area (Å²) in [5.41, 5.74) is 0. The van der Waals surface area contributed by atoms with E-state index in [1.54, 1.807) is 0 Å². The number of allylic oxidation sites excluding steroid dienone is 2. The van der Waals surface area contributed by atoms with E-state index in [0.29, 0.717) is 0 Å². The van der Waals surface area contributed by atoms with Crippen molar-refractivity contribution in [3.8, 4) is 0 Å². The fourth-order valence-corrected chi connectivity index (χ4v) is 2.41. The lowest BCUT2D eigenvalue weighted by Gasteiger charge is -2.11. The van der Waals surface area contributed by atoms with Crippen molar-refractivity contribution < 1.29 is 4.74 Å². The first-order valence-electron chi connectivity index (χ1n) is 8.95. The summed E-state index contributed by atoms with van der Waals surface area (Å²) >= 11 is 0. The second-order valence-corrected chi connectivity index (χ2v) is 7.17. The van der Waals surface area contributed by atoms with E-state index >= 15 is 0 Å². The first-order valence-corrected chi connectivity index (χ1v) is 8.95. The van der Waals surface area contributed by atoms with Gasteiger partial charge >= 0.3 is 0 Å². The largest absolute Gasteiger partial charge is 0.467 e. The standard InChI is InChI=1S/C20H38O/c1-17(2)13-9-7-11-15-19(5)21-20(6)16-12-8-10-14-18(3)4/h17-18H,5-16H2,1-4H3. The molecule has 0 amide bonds. The minimum Gasteiger partial charge on any atom is -0.467 e. The number of unbranched alkanes of at least 4 members (excludes halogenated alkanes) is 4. The van der Waals surface area contributed by atoms with Crippen LogP contribution in [0.3, 0.4) is 0 Å². The highest BCUT2D eigenvalue weighted by Crippen LogP contribution is 2.18. The molecule has 1 nitrogen and oxygen atoms in total. The van der Waals surface area contributed by atoms with Crippen molar-refractivity contribution in [2.24, 2.45) is 11.8 Å². The van der Waals surface area contributed by atoms with Gasteiger partial charge in [0.15, 0.2) is 0 Å². The highest BCUT2D eigenvalue weighted by molar-refractivity contribution is 4.93. The summed E-state index contributed by atoms with van der Waals surface area (Å²) in [4.78, 5) is 0. The lowest BCUT2D eigenvalue weighted by Crippen LogP contribution is -1.94. The summed E-state index contributed by atoms with van der Waals surface area (Å²) in [5.74, 6) is 3.43. The van der Waals surface area contributed by atoms with Gasteiger partial charge < -0.3 is 4.74 Å². The molecule has 124 valence electrons. The Balaban J connectivity index is 3.46. The van der Waals surface area contributed by atoms with Crippen molar-refractivity contribution in [2.45, 2.75) is 91.9 Å². The van der Waals surface area contributed by atoms with Crippen LogP contribution in [0.25, 0.3) is 0 Å². The number of rotatable bonds is 14. The monoisotopic (exact) mass is 294 g/mol. The van der Waals surface area contributed by atoms with Gasteiger partial charge in [-0.2, -0.15) is 0 Å². The molecule has 21 heavy (non-hydrogen) atoms. The maximum Gasteiger partial charge on any atom is 0.0964 e. The van der Waals surface area contributed by atoms with Crippen LogP contribution >= 0.6 is 0 Å². The lowest BCUT2D eigenvalue weighted by molar-refractivity contribution is 0.274. The minimum atomic E-state index is 0.819. The van der Waals surface area contributed by atoms with Gasteiger partial charge in [-0.05, 0) is 24.7 Å². The third-order valence-electron chi connectivity index (χ3n) is 3.76. The van der Waals surface area contributed by atoms with Crippen LogP contribution in [-0.4, -0.2) is 0 Å². The van der Waals surface area contributed by atoms with E-state index in [9.17, 15) is 0 Å². The van der Waals surface area contributed by atoms with Gasteiger partial charge in [-0.1, -0.05) is 79.4 Å². The normalized spacial score (nSPS) is 11.1. The Morgan fingerprint density at radius 3 is 1.38 bits per heavy atom. The Morgan fingerprint density at radius 1 is 0.667 bits per heavy atom. The Morgan fingerprint density at radius 2 is 1.05 bits per heavy atom. The fraction of sp³-hybridized carbons (Fsp3) is 0.800. The summed E-state index contributed by atoms with van der Waals surface area (Å²) in [6.45, 7) is 17.2. The molecule has 0 aliphatic rings. The molecular weight excluding hydrogens is 256 g/mol. The number of ether oxygens (including phenoxy) is 1. The zero-order valence-electron chi connectivity index (χ0n) is 15.0. The Hall–Kier alpha value is -0.720. The Kier molecular flexibility index (Phi) is 12.5. The Bertz CT molecular complexity index is 248. The van der Waals surface area contributed by atoms with Crippen LogP contribution in [0.5, 0.6) is 0 Å². The van der Waals surface area contributed by atoms with Gasteiger partial charge in [0, 0.05) is 12.8 Å². The molecule has 0 heterocycles. The average molecular weight is 295 g/mol. The maximum absolute atomic E-state index is 5.72. The molecule has 0 bridgehead atoms. The quantitative estimate of drug-likeness (QED) is 0.242. The molecule has 1 heteroatoms. The van der Waals surface area contributed by atoms with E-state index in [4.69, 9.17) is 4.74 Å². The van der Waals surface area contributed by atoms with E-state index in [1.165, 1.54) is 51.4 Å². The van der Waals surface area contributed by atoms with Crippen molar-refractivity contribution in [3.63, 3.8) is 0 Å². The van der Waals surface area contributed by atoms with Crippen molar-refractivity contribution in [2.75, 3.05) is 0 Å². The number of hydrogen-bond donors (Lipinski definition) is 0. The minimum absolute atomic E-state index is 0.819. The summed E-state index contributed by atoms with van der Waals surface area (Å²) in [7, 11) is 0. The van der Waals surface area contributed by atoms with Crippen LogP contribution in [-0.2, 0) is 4.74 Å². The summed E-state index contributed by atoms with van der Waals surface area (Å²) in [5, 5.41) is 0. The van der Waals surface area contributed by atoms with Crippen LogP contribution in [0.15, 0.2) is 24.7 Å². The predicted octanol–water partition coefficient (Wildman–Crippen LogP) is 7.24. The summed E-state index contributed by atoms with van der Waals surface area (Å²) in [6.07, 6.45) is 12.2. The molecule has 0 unspecified atom stereocenters. The molecule has 0 aliphatic carbocycles. The highest BCUT2D eigenvalue weighted by atomic mass is 16.5. The van der Waals surface area contributed by atoms with Crippen molar-refractivity contribution in [1.82, 2.24) is 0 Å². The first kappa shape index (κ1) is 20.3. The fourth-order valence-electron chi connectivity index (χ4n) is 2.41. The second-order valence-electron chi connectivity index (χ2n) is 7.17. The molecule has 0 atom stereocenters. The molecule has 0 N–H and O–H groups in total. The average Bonchev–Trinajstić information content (AvgIpc) is 2.37. The van der Waals surface area contributed by atoms with E-state index < -0.39 is 0 Å². The molecule has 0 saturated carbocycles. The first-order chi connectivity index (χ1) is 9.91. The molecule has 0 spiro atoms. The van der Waals surface area contributed by atoms with Gasteiger partial charge in [0.05, 0.1) is 11.5 Å². The van der Waals surface area contributed by atoms with Crippen LogP contribution < -0.4 is 0 Å². The Labute approximate surface area is 133 Å². The van der Waals surface area contributed by atoms with Gasteiger partial charge in [-0.15, -0.1) is 0 Å². The third kappa shape index (κ3) is 15.5. The van der Waals surface area contributed by atoms with Crippen LogP contribution in [0, 0.1) is 11.8 Å². The zero-order valence-corrected chi connectivity index (χ0v) is 15.0. The molecule has 0 fully saturated rings. The molecular formula is C20H38O. The SMILES string of the molecule is C=C(CCCCCC(C)C)OC(=C)CCCCCC(C)C. The topological polar surface area (TPSA) is 9.23 Å². The molecule has 0 aromatic rings. The summed E-state index contributed by atoms with van der Waals surface area (Å²) in [6, 6.07) is 0. The molecule has 0 radical (unpaired) electrons. The van der Waals surface area contributed by atoms with Gasteiger partial charge in [0.1, 0.15) is 0 Å². The van der Waals surface area contributed by atoms with Crippen molar-refractivity contribution >= 4 is 0 Å². The van der Waals surface area contributed by atoms with E-state index in [-0.39, 0.29) is 0 Å². The van der Waals surface area contributed by atoms with Gasteiger partial charge in [0.25, 0.3) is 0 Å². The summed E-state index contributed by atoms with van der Waals surface area (Å²) < 4.78 is 5.72. The van der Waals surface area contributed by atoms with Crippen LogP contribution in [0.2, 0.25) is 0 Å². The smallest absolute Gasteiger partial charge is 0.0964 e. The van der Waals surface area contributed by atoms with Crippen LogP contribution in [0.4, 0.5) is 0 Å². The predicted molar refractivity (Wildman–Crippen MR) is 95.2 cm³/mol. The second kappa shape index (κ2) is 13.0. The van der Waals surface area contributed by atoms with Gasteiger partial charge in [-0.3, -0.25) is 0 Å². The molecule has 0 rings (SSSR count). The lowest BCUT2D eigenvalue weighted by atomic mass is 10.0. The molecule has 0 aliphatic heterocycles. The van der Waals surface area contributed by atoms with Crippen molar-refractivity contribution in [1.29, 1.82) is 0 Å².